The number of nitrogens with two attached hydrogens (primary N) is 1. The molecule has 2 heterocycles. The fourth-order valence-corrected chi connectivity index (χ4v) is 5.01. The molecule has 1 unspecified atom stereocenters. The number of aromatic nitrogens is 4. The smallest absolute Gasteiger partial charge is 0.387 e. The van der Waals surface area contributed by atoms with Crippen molar-refractivity contribution in [3.8, 4) is 28.4 Å². The molecule has 0 fully saturated rings. The maximum Gasteiger partial charge on any atom is 0.387 e. The molecule has 40 heavy (non-hydrogen) atoms. The number of imidazole rings is 1. The van der Waals surface area contributed by atoms with E-state index >= 15 is 0 Å². The Bertz CT molecular complexity index is 1680. The molecule has 0 bridgehead atoms. The van der Waals surface area contributed by atoms with Crippen LogP contribution in [0.2, 0.25) is 0 Å². The number of fused-ring (bicyclic) bond motifs is 1. The van der Waals surface area contributed by atoms with Crippen LogP contribution < -0.4 is 10.5 Å². The Labute approximate surface area is 229 Å². The summed E-state index contributed by atoms with van der Waals surface area (Å²) in [5.41, 5.74) is 9.60. The van der Waals surface area contributed by atoms with Crippen LogP contribution >= 0.6 is 0 Å². The Balaban J connectivity index is 1.62. The van der Waals surface area contributed by atoms with E-state index in [4.69, 9.17) is 15.5 Å². The summed E-state index contributed by atoms with van der Waals surface area (Å²) in [7, 11) is 1.81. The lowest BCUT2D eigenvalue weighted by molar-refractivity contribution is -0.0495. The van der Waals surface area contributed by atoms with Gasteiger partial charge in [-0.1, -0.05) is 56.3 Å². The predicted octanol–water partition coefficient (Wildman–Crippen LogP) is 5.66. The first-order chi connectivity index (χ1) is 19.1. The zero-order chi connectivity index (χ0) is 28.6. The number of halogens is 2. The number of aliphatic hydroxyl groups excluding tert-OH is 1. The minimum Gasteiger partial charge on any atom is -0.434 e. The summed E-state index contributed by atoms with van der Waals surface area (Å²) >= 11 is 0. The van der Waals surface area contributed by atoms with Crippen molar-refractivity contribution >= 4 is 16.8 Å². The van der Waals surface area contributed by atoms with Gasteiger partial charge in [0.15, 0.2) is 0 Å². The van der Waals surface area contributed by atoms with Gasteiger partial charge in [0, 0.05) is 35.5 Å². The van der Waals surface area contributed by atoms with Crippen LogP contribution in [0.4, 0.5) is 8.78 Å². The van der Waals surface area contributed by atoms with Crippen molar-refractivity contribution in [2.24, 2.45) is 12.8 Å². The fraction of sp³-hybridized carbons (Fsp3) is 0.233. The van der Waals surface area contributed by atoms with E-state index < -0.39 is 18.6 Å². The largest absolute Gasteiger partial charge is 0.434 e. The van der Waals surface area contributed by atoms with Gasteiger partial charge in [-0.2, -0.15) is 13.9 Å². The summed E-state index contributed by atoms with van der Waals surface area (Å²) < 4.78 is 35.0. The van der Waals surface area contributed by atoms with Crippen molar-refractivity contribution in [3.63, 3.8) is 0 Å². The normalized spacial score (nSPS) is 12.4. The molecular weight excluding hydrogens is 516 g/mol. The molecule has 8 nitrogen and oxygen atoms in total. The van der Waals surface area contributed by atoms with Gasteiger partial charge in [-0.15, -0.1) is 0 Å². The van der Waals surface area contributed by atoms with Gasteiger partial charge >= 0.3 is 6.61 Å². The van der Waals surface area contributed by atoms with Crippen molar-refractivity contribution in [2.45, 2.75) is 39.0 Å². The molecule has 10 heteroatoms. The summed E-state index contributed by atoms with van der Waals surface area (Å²) in [4.78, 5) is 16.6. The summed E-state index contributed by atoms with van der Waals surface area (Å²) in [6.07, 6.45) is 1.14. The summed E-state index contributed by atoms with van der Waals surface area (Å²) in [5, 5.41) is 16.2. The topological polar surface area (TPSA) is 108 Å². The van der Waals surface area contributed by atoms with Gasteiger partial charge in [-0.05, 0) is 35.7 Å². The third-order valence-corrected chi connectivity index (χ3v) is 6.81. The van der Waals surface area contributed by atoms with E-state index in [-0.39, 0.29) is 23.8 Å². The second kappa shape index (κ2) is 10.9. The number of amides is 1. The van der Waals surface area contributed by atoms with Crippen molar-refractivity contribution in [3.05, 3.63) is 89.7 Å². The Morgan fingerprint density at radius 1 is 1.05 bits per heavy atom. The summed E-state index contributed by atoms with van der Waals surface area (Å²) in [6.45, 7) is 1.22. The third kappa shape index (κ3) is 5.17. The van der Waals surface area contributed by atoms with Crippen LogP contribution in [0.3, 0.4) is 0 Å². The zero-order valence-corrected chi connectivity index (χ0v) is 22.3. The third-order valence-electron chi connectivity index (χ3n) is 6.81. The quantitative estimate of drug-likeness (QED) is 0.248. The van der Waals surface area contributed by atoms with Gasteiger partial charge in [0.1, 0.15) is 11.6 Å². The number of hydrogen-bond acceptors (Lipinski definition) is 5. The van der Waals surface area contributed by atoms with Crippen LogP contribution in [0.25, 0.3) is 33.5 Å². The SMILES string of the molecule is CC(C)c1c(-c2cccc3nn(CC(O)c4ccccc4)cc23)nc(-c2ccc(C(N)=O)cc2OC(F)F)n1C. The first kappa shape index (κ1) is 27.0. The Kier molecular flexibility index (Phi) is 7.36. The molecule has 0 aliphatic rings. The molecule has 0 aliphatic carbocycles. The number of primary amides is 1. The highest BCUT2D eigenvalue weighted by Crippen LogP contribution is 2.39. The van der Waals surface area contributed by atoms with E-state index in [0.29, 0.717) is 17.1 Å². The number of nitrogens with zero attached hydrogens (tertiary/aromatic N) is 4. The average molecular weight is 546 g/mol. The number of hydrogen-bond donors (Lipinski definition) is 2. The fourth-order valence-electron chi connectivity index (χ4n) is 5.01. The molecule has 5 rings (SSSR count). The first-order valence-corrected chi connectivity index (χ1v) is 12.8. The molecule has 5 aromatic rings. The maximum atomic E-state index is 13.3. The highest BCUT2D eigenvalue weighted by atomic mass is 19.3. The van der Waals surface area contributed by atoms with E-state index in [0.717, 1.165) is 27.7 Å². The van der Waals surface area contributed by atoms with Crippen LogP contribution in [0, 0.1) is 0 Å². The van der Waals surface area contributed by atoms with Crippen molar-refractivity contribution in [1.82, 2.24) is 19.3 Å². The number of carbonyl (C=O) groups excluding carboxylic acids is 1. The minimum atomic E-state index is -3.10. The highest BCUT2D eigenvalue weighted by molar-refractivity contribution is 5.95. The van der Waals surface area contributed by atoms with E-state index in [9.17, 15) is 18.7 Å². The molecule has 0 aliphatic heterocycles. The van der Waals surface area contributed by atoms with Crippen LogP contribution in [0.15, 0.2) is 72.9 Å². The van der Waals surface area contributed by atoms with Gasteiger partial charge in [0.2, 0.25) is 5.91 Å². The number of benzene rings is 3. The second-order valence-electron chi connectivity index (χ2n) is 9.85. The lowest BCUT2D eigenvalue weighted by Crippen LogP contribution is -2.12. The Morgan fingerprint density at radius 3 is 2.48 bits per heavy atom. The molecule has 3 aromatic carbocycles. The molecule has 0 saturated heterocycles. The van der Waals surface area contributed by atoms with Crippen LogP contribution in [-0.4, -0.2) is 37.0 Å². The van der Waals surface area contributed by atoms with Gasteiger partial charge in [0.05, 0.1) is 29.4 Å². The van der Waals surface area contributed by atoms with Crippen LogP contribution in [0.5, 0.6) is 5.75 Å². The summed E-state index contributed by atoms with van der Waals surface area (Å²) in [6, 6.07) is 19.3. The molecular formula is C30H29F2N5O3. The van der Waals surface area contributed by atoms with E-state index in [1.807, 2.05) is 80.2 Å². The molecule has 0 radical (unpaired) electrons. The van der Waals surface area contributed by atoms with E-state index in [2.05, 4.69) is 5.10 Å². The molecule has 206 valence electrons. The molecule has 0 saturated carbocycles. The van der Waals surface area contributed by atoms with Crippen molar-refractivity contribution in [1.29, 1.82) is 0 Å². The molecule has 1 amide bonds. The number of rotatable bonds is 9. The van der Waals surface area contributed by atoms with E-state index in [1.165, 1.54) is 18.2 Å². The Morgan fingerprint density at radius 2 is 1.80 bits per heavy atom. The highest BCUT2D eigenvalue weighted by Gasteiger charge is 2.25. The van der Waals surface area contributed by atoms with Gasteiger partial charge < -0.3 is 20.1 Å². The average Bonchev–Trinajstić information content (AvgIpc) is 3.49. The van der Waals surface area contributed by atoms with Gasteiger partial charge in [0.25, 0.3) is 0 Å². The standard InChI is InChI=1S/C30H29F2N5O3/c1-17(2)27-26(34-29(36(27)3)21-13-12-19(28(33)39)14-25(21)40-30(31)32)20-10-7-11-23-22(20)15-37(35-23)16-24(38)18-8-5-4-6-9-18/h4-15,17,24,30,38H,16H2,1-3H3,(H2,33,39). The number of carbonyl (C=O) groups is 1. The molecule has 3 N–H and O–H groups in total. The van der Waals surface area contributed by atoms with Gasteiger partial charge in [-0.25, -0.2) is 4.98 Å². The van der Waals surface area contributed by atoms with E-state index in [1.54, 1.807) is 4.68 Å². The van der Waals surface area contributed by atoms with Crippen molar-refractivity contribution < 1.29 is 23.4 Å². The molecule has 1 atom stereocenters. The van der Waals surface area contributed by atoms with Crippen LogP contribution in [0.1, 0.15) is 47.5 Å². The number of aliphatic hydroxyl groups is 1. The minimum absolute atomic E-state index is 0.0239. The maximum absolute atomic E-state index is 13.3. The zero-order valence-electron chi connectivity index (χ0n) is 22.3. The van der Waals surface area contributed by atoms with Crippen molar-refractivity contribution in [2.75, 3.05) is 0 Å². The van der Waals surface area contributed by atoms with Crippen LogP contribution in [-0.2, 0) is 13.6 Å². The molecule has 2 aromatic heterocycles. The number of alkyl halides is 2. The lowest BCUT2D eigenvalue weighted by Gasteiger charge is -2.14. The molecule has 0 spiro atoms. The second-order valence-corrected chi connectivity index (χ2v) is 9.85. The lowest BCUT2D eigenvalue weighted by atomic mass is 10.0. The monoisotopic (exact) mass is 545 g/mol. The summed E-state index contributed by atoms with van der Waals surface area (Å²) in [5.74, 6) is -0.526. The number of ether oxygens (including phenoxy) is 1. The Hall–Kier alpha value is -4.57. The van der Waals surface area contributed by atoms with Gasteiger partial charge in [-0.3, -0.25) is 9.48 Å². The first-order valence-electron chi connectivity index (χ1n) is 12.8. The predicted molar refractivity (Wildman–Crippen MR) is 148 cm³/mol.